The molecular formula is C22H20ClN3O3. The monoisotopic (exact) mass is 409 g/mol. The lowest BCUT2D eigenvalue weighted by molar-refractivity contribution is 0.0495. The maximum absolute atomic E-state index is 13.3. The number of fused-ring (bicyclic) bond motifs is 1. The van der Waals surface area contributed by atoms with Crippen molar-refractivity contribution in [3.63, 3.8) is 0 Å². The number of hydrogen-bond acceptors (Lipinski definition) is 4. The van der Waals surface area contributed by atoms with Gasteiger partial charge in [0.25, 0.3) is 5.91 Å². The standard InChI is InChI=1S/C22H20ClN3O3/c23-14-9-7-13(8-10-14)21-18-19(16-5-1-2-6-17(16)27)24-25-20(18)22(28)26(21)12-15-4-3-11-29-15/h1-2,5-10,15,21,27H,3-4,11-12H2,(H,24,25)/t15-,21-/m1/s1. The minimum absolute atomic E-state index is 0.0271. The number of benzene rings is 2. The SMILES string of the molecule is O=C1c2[nH]nc(-c3ccccc3O)c2[C@@H](c2ccc(Cl)cc2)N1C[C@H]1CCCO1. The predicted molar refractivity (Wildman–Crippen MR) is 109 cm³/mol. The highest BCUT2D eigenvalue weighted by Gasteiger charge is 2.43. The third kappa shape index (κ3) is 3.09. The zero-order chi connectivity index (χ0) is 20.0. The van der Waals surface area contributed by atoms with Crippen LogP contribution >= 0.6 is 11.6 Å². The van der Waals surface area contributed by atoms with E-state index in [1.54, 1.807) is 18.2 Å². The summed E-state index contributed by atoms with van der Waals surface area (Å²) >= 11 is 6.10. The molecule has 0 bridgehead atoms. The lowest BCUT2D eigenvalue weighted by Gasteiger charge is -2.28. The quantitative estimate of drug-likeness (QED) is 0.678. The number of nitrogens with one attached hydrogen (secondary N) is 1. The van der Waals surface area contributed by atoms with E-state index >= 15 is 0 Å². The molecule has 2 aliphatic heterocycles. The van der Waals surface area contributed by atoms with Crippen LogP contribution in [0.15, 0.2) is 48.5 Å². The van der Waals surface area contributed by atoms with Crippen molar-refractivity contribution in [1.29, 1.82) is 0 Å². The molecule has 0 spiro atoms. The van der Waals surface area contributed by atoms with Gasteiger partial charge in [-0.05, 0) is 42.7 Å². The molecule has 2 N–H and O–H groups in total. The van der Waals surface area contributed by atoms with Gasteiger partial charge in [-0.3, -0.25) is 9.89 Å². The summed E-state index contributed by atoms with van der Waals surface area (Å²) in [5, 5.41) is 18.3. The number of nitrogens with zero attached hydrogens (tertiary/aromatic N) is 2. The van der Waals surface area contributed by atoms with Crippen LogP contribution in [0.3, 0.4) is 0 Å². The topological polar surface area (TPSA) is 78.5 Å². The zero-order valence-electron chi connectivity index (χ0n) is 15.6. The number of aromatic amines is 1. The van der Waals surface area contributed by atoms with Crippen molar-refractivity contribution >= 4 is 17.5 Å². The lowest BCUT2D eigenvalue weighted by atomic mass is 9.95. The summed E-state index contributed by atoms with van der Waals surface area (Å²) in [6, 6.07) is 14.2. The van der Waals surface area contributed by atoms with Crippen LogP contribution in [0.4, 0.5) is 0 Å². The van der Waals surface area contributed by atoms with E-state index in [1.165, 1.54) is 0 Å². The Morgan fingerprint density at radius 3 is 2.72 bits per heavy atom. The molecule has 148 valence electrons. The largest absolute Gasteiger partial charge is 0.507 e. The van der Waals surface area contributed by atoms with Crippen LogP contribution in [0.2, 0.25) is 5.02 Å². The molecule has 29 heavy (non-hydrogen) atoms. The molecule has 0 unspecified atom stereocenters. The van der Waals surface area contributed by atoms with Crippen LogP contribution in [0.5, 0.6) is 5.75 Å². The molecule has 7 heteroatoms. The molecule has 2 atom stereocenters. The van der Waals surface area contributed by atoms with E-state index < -0.39 is 0 Å². The number of phenols is 1. The van der Waals surface area contributed by atoms with Crippen molar-refractivity contribution in [2.24, 2.45) is 0 Å². The van der Waals surface area contributed by atoms with Crippen molar-refractivity contribution in [3.05, 3.63) is 70.4 Å². The summed E-state index contributed by atoms with van der Waals surface area (Å²) in [6.07, 6.45) is 1.98. The number of carbonyl (C=O) groups excluding carboxylic acids is 1. The van der Waals surface area contributed by atoms with Crippen molar-refractivity contribution in [2.75, 3.05) is 13.2 Å². The second kappa shape index (κ2) is 7.21. The number of halogens is 1. The molecule has 3 aromatic rings. The molecule has 2 aromatic carbocycles. The van der Waals surface area contributed by atoms with E-state index in [1.807, 2.05) is 35.2 Å². The third-order valence-electron chi connectivity index (χ3n) is 5.63. The van der Waals surface area contributed by atoms with Gasteiger partial charge in [-0.1, -0.05) is 35.9 Å². The van der Waals surface area contributed by atoms with Crippen LogP contribution in [0, 0.1) is 0 Å². The van der Waals surface area contributed by atoms with Gasteiger partial charge >= 0.3 is 0 Å². The number of rotatable bonds is 4. The maximum Gasteiger partial charge on any atom is 0.273 e. The number of aromatic nitrogens is 2. The number of aromatic hydroxyl groups is 1. The smallest absolute Gasteiger partial charge is 0.273 e. The Morgan fingerprint density at radius 2 is 2.00 bits per heavy atom. The summed E-state index contributed by atoms with van der Waals surface area (Å²) in [7, 11) is 0. The average Bonchev–Trinajstić information content (AvgIpc) is 3.44. The molecule has 0 radical (unpaired) electrons. The Labute approximate surface area is 173 Å². The fraction of sp³-hybridized carbons (Fsp3) is 0.273. The first-order valence-corrected chi connectivity index (χ1v) is 10.1. The van der Waals surface area contributed by atoms with Crippen molar-refractivity contribution in [1.82, 2.24) is 15.1 Å². The molecule has 0 saturated carbocycles. The molecule has 1 fully saturated rings. The summed E-state index contributed by atoms with van der Waals surface area (Å²) < 4.78 is 5.80. The van der Waals surface area contributed by atoms with Gasteiger partial charge in [0.2, 0.25) is 0 Å². The maximum atomic E-state index is 13.3. The number of amides is 1. The normalized spacial score (nSPS) is 21.0. The average molecular weight is 410 g/mol. The number of H-pyrrole nitrogens is 1. The third-order valence-corrected chi connectivity index (χ3v) is 5.89. The van der Waals surface area contributed by atoms with Crippen LogP contribution in [0.25, 0.3) is 11.3 Å². The van der Waals surface area contributed by atoms with Crippen LogP contribution in [0.1, 0.15) is 40.5 Å². The minimum atomic E-state index is -0.327. The zero-order valence-corrected chi connectivity index (χ0v) is 16.4. The van der Waals surface area contributed by atoms with Gasteiger partial charge in [0.15, 0.2) is 0 Å². The van der Waals surface area contributed by atoms with Gasteiger partial charge in [-0.15, -0.1) is 0 Å². The summed E-state index contributed by atoms with van der Waals surface area (Å²) in [4.78, 5) is 15.1. The Balaban J connectivity index is 1.64. The van der Waals surface area contributed by atoms with Crippen LogP contribution in [-0.2, 0) is 4.74 Å². The summed E-state index contributed by atoms with van der Waals surface area (Å²) in [5.74, 6) is 0.0197. The van der Waals surface area contributed by atoms with Gasteiger partial charge in [-0.2, -0.15) is 5.10 Å². The van der Waals surface area contributed by atoms with E-state index in [2.05, 4.69) is 10.2 Å². The van der Waals surface area contributed by atoms with Gasteiger partial charge in [0.05, 0.1) is 12.1 Å². The number of hydrogen-bond donors (Lipinski definition) is 2. The summed E-state index contributed by atoms with van der Waals surface area (Å²) in [5.41, 5.74) is 3.35. The fourth-order valence-electron chi connectivity index (χ4n) is 4.26. The predicted octanol–water partition coefficient (Wildman–Crippen LogP) is 4.16. The Hall–Kier alpha value is -2.83. The van der Waals surface area contributed by atoms with E-state index in [0.717, 1.165) is 30.6 Å². The van der Waals surface area contributed by atoms with Gasteiger partial charge < -0.3 is 14.7 Å². The molecule has 2 aliphatic rings. The molecule has 1 aromatic heterocycles. The molecule has 3 heterocycles. The van der Waals surface area contributed by atoms with Gasteiger partial charge in [0.1, 0.15) is 17.1 Å². The van der Waals surface area contributed by atoms with Crippen molar-refractivity contribution in [3.8, 4) is 17.0 Å². The minimum Gasteiger partial charge on any atom is -0.507 e. The highest BCUT2D eigenvalue weighted by atomic mass is 35.5. The first kappa shape index (κ1) is 18.2. The Kier molecular flexibility index (Phi) is 4.53. The Bertz CT molecular complexity index is 1060. The van der Waals surface area contributed by atoms with E-state index in [-0.39, 0.29) is 23.8 Å². The van der Waals surface area contributed by atoms with Gasteiger partial charge in [0, 0.05) is 29.3 Å². The van der Waals surface area contributed by atoms with E-state index in [9.17, 15) is 9.90 Å². The fourth-order valence-corrected chi connectivity index (χ4v) is 4.39. The number of phenolic OH excluding ortho intramolecular Hbond substituents is 1. The highest BCUT2D eigenvalue weighted by molar-refractivity contribution is 6.30. The second-order valence-corrected chi connectivity index (χ2v) is 7.86. The number of carbonyl (C=O) groups is 1. The first-order chi connectivity index (χ1) is 14.1. The van der Waals surface area contributed by atoms with E-state index in [4.69, 9.17) is 16.3 Å². The first-order valence-electron chi connectivity index (χ1n) is 9.68. The lowest BCUT2D eigenvalue weighted by Crippen LogP contribution is -2.36. The van der Waals surface area contributed by atoms with Crippen molar-refractivity contribution < 1.29 is 14.6 Å². The van der Waals surface area contributed by atoms with E-state index in [0.29, 0.717) is 28.5 Å². The number of para-hydroxylation sites is 1. The van der Waals surface area contributed by atoms with Crippen LogP contribution in [-0.4, -0.2) is 45.4 Å². The molecule has 6 nitrogen and oxygen atoms in total. The van der Waals surface area contributed by atoms with Crippen molar-refractivity contribution in [2.45, 2.75) is 25.0 Å². The molecular weight excluding hydrogens is 390 g/mol. The summed E-state index contributed by atoms with van der Waals surface area (Å²) in [6.45, 7) is 1.24. The second-order valence-electron chi connectivity index (χ2n) is 7.42. The Morgan fingerprint density at radius 1 is 1.21 bits per heavy atom. The molecule has 1 amide bonds. The highest BCUT2D eigenvalue weighted by Crippen LogP contribution is 2.44. The van der Waals surface area contributed by atoms with Gasteiger partial charge in [-0.25, -0.2) is 0 Å². The molecule has 5 rings (SSSR count). The molecule has 0 aliphatic carbocycles. The molecule has 1 saturated heterocycles. The van der Waals surface area contributed by atoms with Crippen LogP contribution < -0.4 is 0 Å². The number of ether oxygens (including phenoxy) is 1.